The Kier molecular flexibility index (Phi) is 5.37. The van der Waals surface area contributed by atoms with Gasteiger partial charge in [0.15, 0.2) is 0 Å². The van der Waals surface area contributed by atoms with Crippen LogP contribution in [-0.2, 0) is 16.6 Å². The topological polar surface area (TPSA) is 49.4 Å². The van der Waals surface area contributed by atoms with Crippen molar-refractivity contribution in [2.45, 2.75) is 56.8 Å². The Hall–Kier alpha value is -2.55. The Labute approximate surface area is 185 Å². The summed E-state index contributed by atoms with van der Waals surface area (Å²) >= 11 is 0. The first kappa shape index (κ1) is 20.4. The third kappa shape index (κ3) is 3.91. The SMILES string of the molecule is COc1cc(CC/C=C(/C(=O)[O-])c2ccccc2)ccc1C12CC3CC(CC(C3)C1)C2. The second-order valence-corrected chi connectivity index (χ2v) is 10.0. The summed E-state index contributed by atoms with van der Waals surface area (Å²) in [7, 11) is 1.78. The van der Waals surface area contributed by atoms with Gasteiger partial charge in [0.25, 0.3) is 0 Å². The van der Waals surface area contributed by atoms with Gasteiger partial charge in [-0.05, 0) is 91.7 Å². The molecule has 4 aliphatic carbocycles. The molecule has 162 valence electrons. The predicted molar refractivity (Wildman–Crippen MR) is 121 cm³/mol. The van der Waals surface area contributed by atoms with E-state index in [1.54, 1.807) is 13.2 Å². The maximum atomic E-state index is 11.6. The molecule has 4 fully saturated rings. The average molecular weight is 416 g/mol. The maximum absolute atomic E-state index is 11.6. The molecule has 0 unspecified atom stereocenters. The summed E-state index contributed by atoms with van der Waals surface area (Å²) in [6.45, 7) is 0. The fraction of sp³-hybridized carbons (Fsp3) is 0.464. The molecule has 3 heteroatoms. The molecule has 0 N–H and O–H groups in total. The van der Waals surface area contributed by atoms with E-state index >= 15 is 0 Å². The Morgan fingerprint density at radius 2 is 1.68 bits per heavy atom. The van der Waals surface area contributed by atoms with Crippen LogP contribution in [0, 0.1) is 17.8 Å². The third-order valence-corrected chi connectivity index (χ3v) is 7.96. The molecule has 0 radical (unpaired) electrons. The van der Waals surface area contributed by atoms with Crippen LogP contribution in [0.1, 0.15) is 61.6 Å². The monoisotopic (exact) mass is 415 g/mol. The standard InChI is InChI=1S/C28H32O3/c1-31-26-15-19(6-5-9-24(27(29)30)23-7-3-2-4-8-23)10-11-25(26)28-16-20-12-21(17-28)14-22(13-20)18-28/h2-4,7-11,15,20-22H,5-6,12-14,16-18H2,1H3,(H,29,30)/p-1/b24-9+. The molecule has 0 atom stereocenters. The lowest BCUT2D eigenvalue weighted by molar-refractivity contribution is -0.295. The van der Waals surface area contributed by atoms with E-state index in [2.05, 4.69) is 18.2 Å². The van der Waals surface area contributed by atoms with E-state index in [1.807, 2.05) is 30.3 Å². The van der Waals surface area contributed by atoms with Crippen molar-refractivity contribution in [1.29, 1.82) is 0 Å². The number of methoxy groups -OCH3 is 1. The molecular formula is C28H31O3-. The van der Waals surface area contributed by atoms with Crippen LogP contribution < -0.4 is 9.84 Å². The van der Waals surface area contributed by atoms with Crippen molar-refractivity contribution >= 4 is 11.5 Å². The minimum atomic E-state index is -1.12. The second-order valence-electron chi connectivity index (χ2n) is 10.0. The van der Waals surface area contributed by atoms with Gasteiger partial charge in [0.1, 0.15) is 5.75 Å². The fourth-order valence-corrected chi connectivity index (χ4v) is 7.09. The van der Waals surface area contributed by atoms with Crippen molar-refractivity contribution in [3.05, 3.63) is 71.3 Å². The van der Waals surface area contributed by atoms with Gasteiger partial charge in [0.05, 0.1) is 13.1 Å². The van der Waals surface area contributed by atoms with Crippen molar-refractivity contribution in [2.75, 3.05) is 7.11 Å². The zero-order valence-corrected chi connectivity index (χ0v) is 18.3. The van der Waals surface area contributed by atoms with E-state index in [9.17, 15) is 9.90 Å². The van der Waals surface area contributed by atoms with Gasteiger partial charge in [-0.3, -0.25) is 0 Å². The molecule has 0 aromatic heterocycles. The number of benzene rings is 2. The van der Waals surface area contributed by atoms with Crippen molar-refractivity contribution < 1.29 is 14.6 Å². The number of carbonyl (C=O) groups is 1. The Bertz CT molecular complexity index is 953. The molecule has 2 aromatic carbocycles. The molecule has 2 aromatic rings. The zero-order valence-electron chi connectivity index (χ0n) is 18.3. The molecule has 4 saturated carbocycles. The zero-order chi connectivity index (χ0) is 21.4. The van der Waals surface area contributed by atoms with Crippen LogP contribution in [0.5, 0.6) is 5.75 Å². The molecule has 0 spiro atoms. The number of hydrogen-bond donors (Lipinski definition) is 0. The van der Waals surface area contributed by atoms with E-state index in [-0.39, 0.29) is 5.57 Å². The third-order valence-electron chi connectivity index (χ3n) is 7.96. The highest BCUT2D eigenvalue weighted by Gasteiger charge is 2.52. The van der Waals surface area contributed by atoms with E-state index in [4.69, 9.17) is 4.74 Å². The van der Waals surface area contributed by atoms with Gasteiger partial charge in [0, 0.05) is 11.1 Å². The number of allylic oxidation sites excluding steroid dienone is 1. The van der Waals surface area contributed by atoms with Gasteiger partial charge in [-0.2, -0.15) is 0 Å². The maximum Gasteiger partial charge on any atom is 0.122 e. The van der Waals surface area contributed by atoms with Crippen LogP contribution in [0.4, 0.5) is 0 Å². The number of rotatable bonds is 7. The number of hydrogen-bond acceptors (Lipinski definition) is 3. The number of carbonyl (C=O) groups excluding carboxylic acids is 1. The summed E-state index contributed by atoms with van der Waals surface area (Å²) in [4.78, 5) is 11.6. The van der Waals surface area contributed by atoms with Gasteiger partial charge in [0.2, 0.25) is 0 Å². The van der Waals surface area contributed by atoms with E-state index in [1.165, 1.54) is 49.7 Å². The quantitative estimate of drug-likeness (QED) is 0.603. The van der Waals surface area contributed by atoms with Crippen LogP contribution in [0.25, 0.3) is 5.57 Å². The molecule has 3 nitrogen and oxygen atoms in total. The molecule has 0 saturated heterocycles. The fourth-order valence-electron chi connectivity index (χ4n) is 7.09. The van der Waals surface area contributed by atoms with Gasteiger partial charge in [-0.1, -0.05) is 48.5 Å². The molecule has 31 heavy (non-hydrogen) atoms. The highest BCUT2D eigenvalue weighted by molar-refractivity contribution is 6.14. The first-order valence-corrected chi connectivity index (χ1v) is 11.7. The highest BCUT2D eigenvalue weighted by atomic mass is 16.5. The summed E-state index contributed by atoms with van der Waals surface area (Å²) in [5.74, 6) is 2.61. The summed E-state index contributed by atoms with van der Waals surface area (Å²) in [5, 5.41) is 11.6. The molecule has 4 bridgehead atoms. The van der Waals surface area contributed by atoms with Gasteiger partial charge >= 0.3 is 0 Å². The number of aliphatic carboxylic acids is 1. The summed E-state index contributed by atoms with van der Waals surface area (Å²) < 4.78 is 5.89. The van der Waals surface area contributed by atoms with Crippen LogP contribution in [0.3, 0.4) is 0 Å². The predicted octanol–water partition coefficient (Wildman–Crippen LogP) is 4.93. The highest BCUT2D eigenvalue weighted by Crippen LogP contribution is 2.61. The van der Waals surface area contributed by atoms with Gasteiger partial charge in [-0.15, -0.1) is 0 Å². The molecular weight excluding hydrogens is 384 g/mol. The average Bonchev–Trinajstić information content (AvgIpc) is 2.76. The van der Waals surface area contributed by atoms with E-state index in [0.29, 0.717) is 17.4 Å². The normalized spacial score (nSPS) is 29.2. The Morgan fingerprint density at radius 3 is 2.26 bits per heavy atom. The van der Waals surface area contributed by atoms with Gasteiger partial charge < -0.3 is 14.6 Å². The first-order valence-electron chi connectivity index (χ1n) is 11.7. The lowest BCUT2D eigenvalue weighted by atomic mass is 9.48. The Balaban J connectivity index is 1.34. The molecule has 0 aliphatic heterocycles. The number of aryl methyl sites for hydroxylation is 1. The molecule has 6 rings (SSSR count). The van der Waals surface area contributed by atoms with E-state index < -0.39 is 5.97 Å². The van der Waals surface area contributed by atoms with Crippen molar-refractivity contribution in [3.8, 4) is 5.75 Å². The number of ether oxygens (including phenoxy) is 1. The van der Waals surface area contributed by atoms with Crippen LogP contribution in [0.2, 0.25) is 0 Å². The smallest absolute Gasteiger partial charge is 0.122 e. The van der Waals surface area contributed by atoms with E-state index in [0.717, 1.165) is 29.9 Å². The largest absolute Gasteiger partial charge is 0.545 e. The van der Waals surface area contributed by atoms with Crippen molar-refractivity contribution in [1.82, 2.24) is 0 Å². The molecule has 0 amide bonds. The minimum Gasteiger partial charge on any atom is -0.545 e. The first-order chi connectivity index (χ1) is 15.1. The molecule has 4 aliphatic rings. The van der Waals surface area contributed by atoms with Crippen molar-refractivity contribution in [3.63, 3.8) is 0 Å². The number of carboxylic acids is 1. The summed E-state index contributed by atoms with van der Waals surface area (Å²) in [5.41, 5.74) is 3.86. The summed E-state index contributed by atoms with van der Waals surface area (Å²) in [6, 6.07) is 15.9. The van der Waals surface area contributed by atoms with Crippen LogP contribution in [-0.4, -0.2) is 13.1 Å². The number of carboxylic acid groups (broad SMARTS) is 1. The Morgan fingerprint density at radius 1 is 1.03 bits per heavy atom. The second kappa shape index (κ2) is 8.18. The van der Waals surface area contributed by atoms with Gasteiger partial charge in [-0.25, -0.2) is 0 Å². The van der Waals surface area contributed by atoms with Crippen LogP contribution in [0.15, 0.2) is 54.6 Å². The minimum absolute atomic E-state index is 0.262. The summed E-state index contributed by atoms with van der Waals surface area (Å²) in [6.07, 6.45) is 11.5. The van der Waals surface area contributed by atoms with Crippen molar-refractivity contribution in [2.24, 2.45) is 17.8 Å². The lowest BCUT2D eigenvalue weighted by Crippen LogP contribution is -2.48. The van der Waals surface area contributed by atoms with Crippen LogP contribution >= 0.6 is 0 Å². The molecule has 0 heterocycles. The lowest BCUT2D eigenvalue weighted by Gasteiger charge is -2.57.